The summed E-state index contributed by atoms with van der Waals surface area (Å²) in [5.41, 5.74) is 16.4. The van der Waals surface area contributed by atoms with E-state index in [0.717, 1.165) is 0 Å². The van der Waals surface area contributed by atoms with E-state index in [4.69, 9.17) is 22.3 Å². The zero-order valence-corrected chi connectivity index (χ0v) is 27.6. The lowest BCUT2D eigenvalue weighted by Gasteiger charge is -2.21. The van der Waals surface area contributed by atoms with Gasteiger partial charge in [-0.1, -0.05) is 20.3 Å². The van der Waals surface area contributed by atoms with Gasteiger partial charge in [0.2, 0.25) is 41.4 Å². The van der Waals surface area contributed by atoms with Gasteiger partial charge < -0.3 is 69.7 Å². The minimum atomic E-state index is -1.52. The van der Waals surface area contributed by atoms with E-state index < -0.39 is 110 Å². The van der Waals surface area contributed by atoms with Gasteiger partial charge in [-0.25, -0.2) is 0 Å². The molecule has 16 N–H and O–H groups in total. The van der Waals surface area contributed by atoms with E-state index in [9.17, 15) is 48.6 Å². The Morgan fingerprint density at radius 2 is 1.16 bits per heavy atom. The fraction of sp³-hybridized carbons (Fsp3) is 0.667. The number of carboxylic acid groups (broad SMARTS) is 1. The fourth-order valence-corrected chi connectivity index (χ4v) is 3.63. The summed E-state index contributed by atoms with van der Waals surface area (Å²) in [6, 6.07) is -6.38. The first-order chi connectivity index (χ1) is 23.0. The number of nitrogens with zero attached hydrogens (tertiary/aromatic N) is 1. The van der Waals surface area contributed by atoms with Crippen LogP contribution in [-0.4, -0.2) is 138 Å². The standard InChI is InChI=1S/C27H49N11O11/c1-4-13(2)21(28)25(47)38-16(11-39)23(45)33-8-18(41)32-9-19(42)36-15(6-5-7-31-27(29)30)22(44)34-10-20(43)37-17(12-40)24(46)35-14(3)26(48)49/h13-17,21,39-40H,4-12,28H2,1-3H3,(H,32,41)(H,33,45)(H,34,44)(H,35,46)(H,36,42)(H,37,43)(H,38,47)(H,48,49)(H4,29,30,31)/t13-,14-,15-,16-,17-,21-/m0/s1. The molecule has 0 rings (SSSR count). The van der Waals surface area contributed by atoms with Crippen molar-refractivity contribution in [2.45, 2.75) is 70.2 Å². The van der Waals surface area contributed by atoms with Crippen LogP contribution in [0.15, 0.2) is 4.99 Å². The highest BCUT2D eigenvalue weighted by Crippen LogP contribution is 2.05. The predicted molar refractivity (Wildman–Crippen MR) is 172 cm³/mol. The zero-order valence-electron chi connectivity index (χ0n) is 27.6. The van der Waals surface area contributed by atoms with Crippen LogP contribution in [0.5, 0.6) is 0 Å². The quantitative estimate of drug-likeness (QED) is 0.0267. The Morgan fingerprint density at radius 1 is 0.673 bits per heavy atom. The molecule has 0 heterocycles. The van der Waals surface area contributed by atoms with Crippen molar-refractivity contribution in [3.63, 3.8) is 0 Å². The van der Waals surface area contributed by atoms with Gasteiger partial charge in [0.05, 0.1) is 38.9 Å². The molecule has 0 spiro atoms. The summed E-state index contributed by atoms with van der Waals surface area (Å²) in [6.45, 7) is 1.21. The van der Waals surface area contributed by atoms with E-state index in [1.165, 1.54) is 6.92 Å². The summed E-state index contributed by atoms with van der Waals surface area (Å²) in [7, 11) is 0. The number of aliphatic imine (C=N–C) groups is 1. The molecule has 0 radical (unpaired) electrons. The summed E-state index contributed by atoms with van der Waals surface area (Å²) in [6.07, 6.45) is 0.772. The molecule has 0 aliphatic rings. The highest BCUT2D eigenvalue weighted by molar-refractivity contribution is 5.95. The number of aliphatic carboxylic acids is 1. The number of aliphatic hydroxyl groups is 2. The van der Waals surface area contributed by atoms with Gasteiger partial charge in [0, 0.05) is 6.54 Å². The maximum Gasteiger partial charge on any atom is 0.325 e. The second-order valence-electron chi connectivity index (χ2n) is 10.8. The number of amides is 7. The van der Waals surface area contributed by atoms with Crippen LogP contribution >= 0.6 is 0 Å². The first-order valence-electron chi connectivity index (χ1n) is 15.2. The van der Waals surface area contributed by atoms with Gasteiger partial charge in [-0.3, -0.25) is 43.3 Å². The largest absolute Gasteiger partial charge is 0.480 e. The third-order valence-electron chi connectivity index (χ3n) is 6.83. The molecule has 0 aromatic carbocycles. The Bertz CT molecular complexity index is 1200. The molecule has 0 fully saturated rings. The van der Waals surface area contributed by atoms with Crippen LogP contribution in [0.1, 0.15) is 40.0 Å². The van der Waals surface area contributed by atoms with E-state index in [-0.39, 0.29) is 31.3 Å². The lowest BCUT2D eigenvalue weighted by atomic mass is 9.99. The molecular weight excluding hydrogens is 654 g/mol. The van der Waals surface area contributed by atoms with Gasteiger partial charge >= 0.3 is 5.97 Å². The number of nitrogens with two attached hydrogens (primary N) is 3. The van der Waals surface area contributed by atoms with Gasteiger partial charge in [0.25, 0.3) is 0 Å². The molecule has 22 nitrogen and oxygen atoms in total. The highest BCUT2D eigenvalue weighted by atomic mass is 16.4. The summed E-state index contributed by atoms with van der Waals surface area (Å²) < 4.78 is 0. The minimum absolute atomic E-state index is 0.0241. The van der Waals surface area contributed by atoms with E-state index in [2.05, 4.69) is 42.2 Å². The second-order valence-corrected chi connectivity index (χ2v) is 10.8. The Labute approximate surface area is 282 Å². The number of rotatable bonds is 23. The molecule has 0 aliphatic heterocycles. The van der Waals surface area contributed by atoms with Crippen LogP contribution in [-0.2, 0) is 38.4 Å². The molecule has 7 amide bonds. The molecule has 6 atom stereocenters. The Hall–Kier alpha value is -5.09. The third kappa shape index (κ3) is 18.1. The van der Waals surface area contributed by atoms with Crippen molar-refractivity contribution in [1.82, 2.24) is 37.2 Å². The Kier molecular flexibility index (Phi) is 20.9. The molecule has 278 valence electrons. The number of hydrogen-bond donors (Lipinski definition) is 13. The molecular formula is C27H49N11O11. The average Bonchev–Trinajstić information content (AvgIpc) is 3.06. The third-order valence-corrected chi connectivity index (χ3v) is 6.83. The summed E-state index contributed by atoms with van der Waals surface area (Å²) in [5.74, 6) is -7.70. The number of guanidine groups is 1. The molecule has 0 saturated carbocycles. The van der Waals surface area contributed by atoms with Gasteiger partial charge in [-0.2, -0.15) is 0 Å². The molecule has 0 saturated heterocycles. The number of aliphatic hydroxyl groups excluding tert-OH is 2. The SMILES string of the molecule is CC[C@H](C)[C@H](N)C(=O)N[C@@H](CO)C(=O)NCC(=O)NCC(=O)N[C@@H](CCCN=C(N)N)C(=O)NCC(=O)N[C@@H](CO)C(=O)N[C@@H](C)C(=O)O. The Morgan fingerprint density at radius 3 is 1.67 bits per heavy atom. The van der Waals surface area contributed by atoms with Crippen LogP contribution in [0.3, 0.4) is 0 Å². The van der Waals surface area contributed by atoms with Crippen LogP contribution < -0.4 is 54.4 Å². The van der Waals surface area contributed by atoms with E-state index in [1.54, 1.807) is 6.92 Å². The number of nitrogens with one attached hydrogen (secondary N) is 7. The number of carbonyl (C=O) groups is 8. The van der Waals surface area contributed by atoms with Crippen molar-refractivity contribution in [1.29, 1.82) is 0 Å². The summed E-state index contributed by atoms with van der Waals surface area (Å²) in [5, 5.41) is 43.4. The van der Waals surface area contributed by atoms with Crippen molar-refractivity contribution in [3.8, 4) is 0 Å². The molecule has 0 aromatic rings. The van der Waals surface area contributed by atoms with Crippen molar-refractivity contribution < 1.29 is 53.7 Å². The average molecular weight is 704 g/mol. The Balaban J connectivity index is 5.10. The topological polar surface area (TPSA) is 372 Å². The zero-order chi connectivity index (χ0) is 37.7. The van der Waals surface area contributed by atoms with Gasteiger partial charge in [0.15, 0.2) is 5.96 Å². The van der Waals surface area contributed by atoms with E-state index >= 15 is 0 Å². The summed E-state index contributed by atoms with van der Waals surface area (Å²) >= 11 is 0. The number of carboxylic acids is 1. The van der Waals surface area contributed by atoms with Crippen LogP contribution in [0, 0.1) is 5.92 Å². The van der Waals surface area contributed by atoms with E-state index in [0.29, 0.717) is 6.42 Å². The van der Waals surface area contributed by atoms with E-state index in [1.807, 2.05) is 6.92 Å². The maximum atomic E-state index is 12.8. The van der Waals surface area contributed by atoms with Crippen molar-refractivity contribution in [2.75, 3.05) is 39.4 Å². The monoisotopic (exact) mass is 703 g/mol. The number of hydrogen-bond acceptors (Lipinski definition) is 12. The minimum Gasteiger partial charge on any atom is -0.480 e. The van der Waals surface area contributed by atoms with Gasteiger partial charge in [-0.15, -0.1) is 0 Å². The summed E-state index contributed by atoms with van der Waals surface area (Å²) in [4.78, 5) is 101. The fourth-order valence-electron chi connectivity index (χ4n) is 3.63. The van der Waals surface area contributed by atoms with Gasteiger partial charge in [0.1, 0.15) is 24.2 Å². The lowest BCUT2D eigenvalue weighted by Crippen LogP contribution is -2.56. The van der Waals surface area contributed by atoms with Crippen molar-refractivity contribution in [3.05, 3.63) is 0 Å². The predicted octanol–water partition coefficient (Wildman–Crippen LogP) is -7.21. The molecule has 0 aromatic heterocycles. The molecule has 0 unspecified atom stereocenters. The highest BCUT2D eigenvalue weighted by Gasteiger charge is 2.27. The van der Waals surface area contributed by atoms with Crippen molar-refractivity contribution in [2.24, 2.45) is 28.1 Å². The molecule has 0 bridgehead atoms. The van der Waals surface area contributed by atoms with Gasteiger partial charge in [-0.05, 0) is 25.7 Å². The molecule has 0 aliphatic carbocycles. The van der Waals surface area contributed by atoms with Crippen LogP contribution in [0.2, 0.25) is 0 Å². The molecule has 22 heteroatoms. The van der Waals surface area contributed by atoms with Crippen LogP contribution in [0.4, 0.5) is 0 Å². The number of carbonyl (C=O) groups excluding carboxylic acids is 7. The normalized spacial score (nSPS) is 14.2. The first kappa shape index (κ1) is 43.9. The lowest BCUT2D eigenvalue weighted by molar-refractivity contribution is -0.142. The molecule has 49 heavy (non-hydrogen) atoms. The first-order valence-corrected chi connectivity index (χ1v) is 15.2. The maximum absolute atomic E-state index is 12.8. The second kappa shape index (κ2) is 23.3. The van der Waals surface area contributed by atoms with Crippen LogP contribution in [0.25, 0.3) is 0 Å². The smallest absolute Gasteiger partial charge is 0.325 e. The van der Waals surface area contributed by atoms with Crippen molar-refractivity contribution >= 4 is 53.3 Å².